The summed E-state index contributed by atoms with van der Waals surface area (Å²) in [6, 6.07) is 12.8. The molecule has 0 spiro atoms. The first-order valence-corrected chi connectivity index (χ1v) is 8.70. The minimum atomic E-state index is -0.418. The van der Waals surface area contributed by atoms with Gasteiger partial charge in [0.2, 0.25) is 5.91 Å². The Balaban J connectivity index is 1.80. The van der Waals surface area contributed by atoms with Gasteiger partial charge in [-0.2, -0.15) is 0 Å². The summed E-state index contributed by atoms with van der Waals surface area (Å²) < 4.78 is 5.25. The van der Waals surface area contributed by atoms with E-state index >= 15 is 0 Å². The number of anilines is 2. The average Bonchev–Trinajstić information content (AvgIpc) is 3.03. The third-order valence-corrected chi connectivity index (χ3v) is 4.47. The summed E-state index contributed by atoms with van der Waals surface area (Å²) in [5.74, 6) is 0.429. The van der Waals surface area contributed by atoms with E-state index < -0.39 is 5.41 Å². The van der Waals surface area contributed by atoms with Crippen LogP contribution in [0.5, 0.6) is 5.75 Å². The Morgan fingerprint density at radius 3 is 2.54 bits per heavy atom. The predicted octanol–water partition coefficient (Wildman–Crippen LogP) is 3.88. The van der Waals surface area contributed by atoms with E-state index in [4.69, 9.17) is 4.74 Å². The van der Waals surface area contributed by atoms with Crippen LogP contribution in [0.4, 0.5) is 11.4 Å². The molecule has 26 heavy (non-hydrogen) atoms. The van der Waals surface area contributed by atoms with Crippen molar-refractivity contribution in [3.8, 4) is 5.75 Å². The first kappa shape index (κ1) is 18.0. The van der Waals surface area contributed by atoms with Crippen molar-refractivity contribution in [1.29, 1.82) is 0 Å². The molecule has 0 bridgehead atoms. The van der Waals surface area contributed by atoms with Crippen LogP contribution in [0.2, 0.25) is 0 Å². The SMILES string of the molecule is COc1ccccc1C(=O)Nc1ccc2c(c1)CCN2C(=O)C(C)(C)C. The fraction of sp³-hybridized carbons (Fsp3) is 0.333. The minimum absolute atomic E-state index is 0.113. The molecule has 0 fully saturated rings. The van der Waals surface area contributed by atoms with Crippen molar-refractivity contribution < 1.29 is 14.3 Å². The highest BCUT2D eigenvalue weighted by molar-refractivity contribution is 6.06. The van der Waals surface area contributed by atoms with E-state index in [9.17, 15) is 9.59 Å². The Labute approximate surface area is 154 Å². The fourth-order valence-corrected chi connectivity index (χ4v) is 3.13. The summed E-state index contributed by atoms with van der Waals surface area (Å²) in [4.78, 5) is 27.0. The maximum absolute atomic E-state index is 12.6. The van der Waals surface area contributed by atoms with E-state index in [1.165, 1.54) is 0 Å². The highest BCUT2D eigenvalue weighted by Gasteiger charge is 2.32. The van der Waals surface area contributed by atoms with Crippen molar-refractivity contribution in [2.24, 2.45) is 5.41 Å². The second-order valence-corrected chi connectivity index (χ2v) is 7.45. The summed E-state index contributed by atoms with van der Waals surface area (Å²) in [5, 5.41) is 2.91. The van der Waals surface area contributed by atoms with Gasteiger partial charge in [0.1, 0.15) is 5.75 Å². The Morgan fingerprint density at radius 1 is 1.12 bits per heavy atom. The van der Waals surface area contributed by atoms with Crippen molar-refractivity contribution in [3.05, 3.63) is 53.6 Å². The second-order valence-electron chi connectivity index (χ2n) is 7.45. The van der Waals surface area contributed by atoms with Crippen molar-refractivity contribution in [3.63, 3.8) is 0 Å². The van der Waals surface area contributed by atoms with Crippen LogP contribution >= 0.6 is 0 Å². The normalized spacial score (nSPS) is 13.3. The summed E-state index contributed by atoms with van der Waals surface area (Å²) in [6.07, 6.45) is 0.787. The maximum atomic E-state index is 12.6. The van der Waals surface area contributed by atoms with Gasteiger partial charge in [-0.3, -0.25) is 9.59 Å². The van der Waals surface area contributed by atoms with Crippen LogP contribution in [0.3, 0.4) is 0 Å². The molecule has 0 unspecified atom stereocenters. The molecule has 0 atom stereocenters. The van der Waals surface area contributed by atoms with Crippen LogP contribution in [0.25, 0.3) is 0 Å². The van der Waals surface area contributed by atoms with E-state index in [0.717, 1.165) is 17.7 Å². The molecule has 1 N–H and O–H groups in total. The van der Waals surface area contributed by atoms with Crippen LogP contribution in [0.15, 0.2) is 42.5 Å². The number of ether oxygens (including phenoxy) is 1. The molecule has 0 aliphatic carbocycles. The third-order valence-electron chi connectivity index (χ3n) is 4.47. The lowest BCUT2D eigenvalue weighted by Crippen LogP contribution is -2.38. The Bertz CT molecular complexity index is 853. The number of para-hydroxylation sites is 1. The molecule has 1 heterocycles. The Kier molecular flexibility index (Phi) is 4.72. The number of benzene rings is 2. The van der Waals surface area contributed by atoms with Crippen LogP contribution in [0.1, 0.15) is 36.7 Å². The van der Waals surface area contributed by atoms with Gasteiger partial charge in [0, 0.05) is 23.3 Å². The molecular formula is C21H24N2O3. The highest BCUT2D eigenvalue weighted by Crippen LogP contribution is 2.33. The van der Waals surface area contributed by atoms with Gasteiger partial charge >= 0.3 is 0 Å². The molecule has 2 aromatic rings. The maximum Gasteiger partial charge on any atom is 0.259 e. The van der Waals surface area contributed by atoms with Crippen LogP contribution < -0.4 is 15.0 Å². The number of nitrogens with zero attached hydrogens (tertiary/aromatic N) is 1. The molecule has 5 heteroatoms. The highest BCUT2D eigenvalue weighted by atomic mass is 16.5. The number of amides is 2. The molecule has 3 rings (SSSR count). The van der Waals surface area contributed by atoms with Crippen LogP contribution in [-0.2, 0) is 11.2 Å². The molecule has 0 radical (unpaired) electrons. The van der Waals surface area contributed by atoms with Crippen molar-refractivity contribution in [2.75, 3.05) is 23.9 Å². The molecule has 1 aliphatic rings. The monoisotopic (exact) mass is 352 g/mol. The topological polar surface area (TPSA) is 58.6 Å². The fourth-order valence-electron chi connectivity index (χ4n) is 3.13. The zero-order chi connectivity index (χ0) is 18.9. The molecule has 2 amide bonds. The largest absolute Gasteiger partial charge is 0.496 e. The number of methoxy groups -OCH3 is 1. The number of fused-ring (bicyclic) bond motifs is 1. The lowest BCUT2D eigenvalue weighted by Gasteiger charge is -2.26. The molecule has 5 nitrogen and oxygen atoms in total. The quantitative estimate of drug-likeness (QED) is 0.912. The van der Waals surface area contributed by atoms with Gasteiger partial charge in [-0.15, -0.1) is 0 Å². The zero-order valence-corrected chi connectivity index (χ0v) is 15.6. The smallest absolute Gasteiger partial charge is 0.259 e. The van der Waals surface area contributed by atoms with Crippen molar-refractivity contribution in [1.82, 2.24) is 0 Å². The lowest BCUT2D eigenvalue weighted by molar-refractivity contribution is -0.125. The summed E-state index contributed by atoms with van der Waals surface area (Å²) >= 11 is 0. The van der Waals surface area contributed by atoms with E-state index in [1.807, 2.05) is 49.9 Å². The summed E-state index contributed by atoms with van der Waals surface area (Å²) in [5.41, 5.74) is 2.78. The van der Waals surface area contributed by atoms with Crippen LogP contribution in [0, 0.1) is 5.41 Å². The third kappa shape index (κ3) is 3.43. The molecular weight excluding hydrogens is 328 g/mol. The molecule has 1 aliphatic heterocycles. The zero-order valence-electron chi connectivity index (χ0n) is 15.6. The number of carbonyl (C=O) groups is 2. The van der Waals surface area contributed by atoms with Gasteiger partial charge in [-0.1, -0.05) is 32.9 Å². The Morgan fingerprint density at radius 2 is 1.85 bits per heavy atom. The number of hydrogen-bond donors (Lipinski definition) is 1. The second kappa shape index (κ2) is 6.83. The van der Waals surface area contributed by atoms with E-state index in [1.54, 1.807) is 25.3 Å². The number of hydrogen-bond acceptors (Lipinski definition) is 3. The first-order valence-electron chi connectivity index (χ1n) is 8.70. The summed E-state index contributed by atoms with van der Waals surface area (Å²) in [7, 11) is 1.54. The minimum Gasteiger partial charge on any atom is -0.496 e. The number of carbonyl (C=O) groups excluding carboxylic acids is 2. The Hall–Kier alpha value is -2.82. The van der Waals surface area contributed by atoms with E-state index in [2.05, 4.69) is 5.32 Å². The van der Waals surface area contributed by atoms with E-state index in [0.29, 0.717) is 23.5 Å². The van der Waals surface area contributed by atoms with Gasteiger partial charge in [-0.25, -0.2) is 0 Å². The number of rotatable bonds is 3. The van der Waals surface area contributed by atoms with Crippen LogP contribution in [-0.4, -0.2) is 25.5 Å². The van der Waals surface area contributed by atoms with Gasteiger partial charge < -0.3 is 15.0 Å². The van der Waals surface area contributed by atoms with Gasteiger partial charge in [-0.05, 0) is 42.3 Å². The molecule has 0 saturated heterocycles. The van der Waals surface area contributed by atoms with Crippen molar-refractivity contribution >= 4 is 23.2 Å². The van der Waals surface area contributed by atoms with Gasteiger partial charge in [0.05, 0.1) is 12.7 Å². The predicted molar refractivity (Wildman–Crippen MR) is 103 cm³/mol. The van der Waals surface area contributed by atoms with E-state index in [-0.39, 0.29) is 11.8 Å². The molecule has 0 aromatic heterocycles. The summed E-state index contributed by atoms with van der Waals surface area (Å²) in [6.45, 7) is 6.45. The van der Waals surface area contributed by atoms with Gasteiger partial charge in [0.25, 0.3) is 5.91 Å². The standard InChI is InChI=1S/C21H24N2O3/c1-21(2,3)20(25)23-12-11-14-13-15(9-10-17(14)23)22-19(24)16-7-5-6-8-18(16)26-4/h5-10,13H,11-12H2,1-4H3,(H,22,24). The molecule has 2 aromatic carbocycles. The molecule has 0 saturated carbocycles. The first-order chi connectivity index (χ1) is 12.3. The van der Waals surface area contributed by atoms with Gasteiger partial charge in [0.15, 0.2) is 0 Å². The number of nitrogens with one attached hydrogen (secondary N) is 1. The lowest BCUT2D eigenvalue weighted by atomic mass is 9.94. The average molecular weight is 352 g/mol. The van der Waals surface area contributed by atoms with Crippen molar-refractivity contribution in [2.45, 2.75) is 27.2 Å². The molecule has 136 valence electrons.